The van der Waals surface area contributed by atoms with Gasteiger partial charge in [0, 0.05) is 5.69 Å². The van der Waals surface area contributed by atoms with Gasteiger partial charge in [0.05, 0.1) is 17.5 Å². The zero-order valence-corrected chi connectivity index (χ0v) is 13.1. The van der Waals surface area contributed by atoms with Crippen LogP contribution in [0, 0.1) is 17.1 Å². The Morgan fingerprint density at radius 3 is 2.54 bits per heavy atom. The Bertz CT molecular complexity index is 780. The summed E-state index contributed by atoms with van der Waals surface area (Å²) in [5.74, 6) is -2.41. The summed E-state index contributed by atoms with van der Waals surface area (Å²) in [5.41, 5.74) is 0.894. The van der Waals surface area contributed by atoms with Gasteiger partial charge in [0.15, 0.2) is 6.61 Å². The number of esters is 1. The highest BCUT2D eigenvalue weighted by Gasteiger charge is 2.18. The lowest BCUT2D eigenvalue weighted by Gasteiger charge is -2.08. The van der Waals surface area contributed by atoms with Gasteiger partial charge in [0.2, 0.25) is 0 Å². The van der Waals surface area contributed by atoms with E-state index in [4.69, 9.17) is 21.6 Å². The summed E-state index contributed by atoms with van der Waals surface area (Å²) in [5, 5.41) is 11.0. The minimum absolute atomic E-state index is 0.0894. The molecule has 2 aromatic rings. The molecule has 122 valence electrons. The zero-order chi connectivity index (χ0) is 17.5. The summed E-state index contributed by atoms with van der Waals surface area (Å²) in [6.45, 7) is -0.580. The number of hydrogen-bond acceptors (Lipinski definition) is 4. The summed E-state index contributed by atoms with van der Waals surface area (Å²) >= 11 is 5.75. The van der Waals surface area contributed by atoms with Crippen LogP contribution in [-0.2, 0) is 16.0 Å². The number of benzene rings is 2. The number of halogens is 2. The van der Waals surface area contributed by atoms with Crippen molar-refractivity contribution in [1.82, 2.24) is 0 Å². The second-order valence-electron chi connectivity index (χ2n) is 4.75. The second-order valence-corrected chi connectivity index (χ2v) is 5.16. The molecule has 0 saturated heterocycles. The Balaban J connectivity index is 1.91. The molecule has 0 aliphatic heterocycles. The van der Waals surface area contributed by atoms with Crippen molar-refractivity contribution >= 4 is 29.2 Å². The molecule has 1 N–H and O–H groups in total. The molecule has 0 atom stereocenters. The first-order valence-electron chi connectivity index (χ1n) is 6.88. The molecule has 7 heteroatoms. The standard InChI is InChI=1S/C17H12ClFN2O3/c18-13-2-1-3-14(19)16(13)17(23)24-10-15(22)21-12-6-4-11(5-7-12)8-9-20/h1-7H,8,10H2,(H,21,22). The van der Waals surface area contributed by atoms with Gasteiger partial charge in [0.1, 0.15) is 11.4 Å². The molecule has 2 aromatic carbocycles. The number of ether oxygens (including phenoxy) is 1. The average Bonchev–Trinajstić information content (AvgIpc) is 2.55. The van der Waals surface area contributed by atoms with Gasteiger partial charge in [0.25, 0.3) is 5.91 Å². The average molecular weight is 347 g/mol. The number of anilines is 1. The lowest BCUT2D eigenvalue weighted by Crippen LogP contribution is -2.21. The van der Waals surface area contributed by atoms with Crippen LogP contribution in [-0.4, -0.2) is 18.5 Å². The molecule has 0 heterocycles. The number of amides is 1. The minimum Gasteiger partial charge on any atom is -0.452 e. The summed E-state index contributed by atoms with van der Waals surface area (Å²) < 4.78 is 18.3. The van der Waals surface area contributed by atoms with E-state index in [2.05, 4.69) is 5.32 Å². The van der Waals surface area contributed by atoms with E-state index < -0.39 is 29.9 Å². The van der Waals surface area contributed by atoms with Crippen molar-refractivity contribution in [1.29, 1.82) is 5.26 Å². The van der Waals surface area contributed by atoms with Crippen molar-refractivity contribution in [3.05, 3.63) is 64.4 Å². The molecule has 5 nitrogen and oxygen atoms in total. The van der Waals surface area contributed by atoms with Crippen LogP contribution in [0.1, 0.15) is 15.9 Å². The third-order valence-corrected chi connectivity index (χ3v) is 3.34. The Kier molecular flexibility index (Phi) is 5.88. The van der Waals surface area contributed by atoms with Crippen LogP contribution in [0.5, 0.6) is 0 Å². The fourth-order valence-corrected chi connectivity index (χ4v) is 2.13. The molecule has 0 aliphatic rings. The molecule has 2 rings (SSSR count). The number of carbonyl (C=O) groups is 2. The van der Waals surface area contributed by atoms with Crippen LogP contribution in [0.4, 0.5) is 10.1 Å². The van der Waals surface area contributed by atoms with Gasteiger partial charge < -0.3 is 10.1 Å². The number of carbonyl (C=O) groups excluding carboxylic acids is 2. The molecule has 0 aliphatic carbocycles. The molecule has 0 saturated carbocycles. The van der Waals surface area contributed by atoms with Crippen molar-refractivity contribution in [3.8, 4) is 6.07 Å². The smallest absolute Gasteiger partial charge is 0.343 e. The largest absolute Gasteiger partial charge is 0.452 e. The van der Waals surface area contributed by atoms with Gasteiger partial charge in [-0.2, -0.15) is 5.26 Å². The van der Waals surface area contributed by atoms with E-state index in [1.165, 1.54) is 12.1 Å². The maximum absolute atomic E-state index is 13.6. The lowest BCUT2D eigenvalue weighted by molar-refractivity contribution is -0.119. The van der Waals surface area contributed by atoms with E-state index in [9.17, 15) is 14.0 Å². The first kappa shape index (κ1) is 17.4. The predicted octanol–water partition coefficient (Wildman–Crippen LogP) is 3.34. The first-order chi connectivity index (χ1) is 11.5. The fraction of sp³-hybridized carbons (Fsp3) is 0.118. The number of hydrogen-bond donors (Lipinski definition) is 1. The topological polar surface area (TPSA) is 79.2 Å². The van der Waals surface area contributed by atoms with Gasteiger partial charge in [-0.3, -0.25) is 4.79 Å². The van der Waals surface area contributed by atoms with Crippen LogP contribution < -0.4 is 5.32 Å². The van der Waals surface area contributed by atoms with Crippen molar-refractivity contribution in [2.45, 2.75) is 6.42 Å². The summed E-state index contributed by atoms with van der Waals surface area (Å²) in [7, 11) is 0. The normalized spacial score (nSPS) is 9.88. The third-order valence-electron chi connectivity index (χ3n) is 3.02. The second kappa shape index (κ2) is 8.09. The summed E-state index contributed by atoms with van der Waals surface area (Å²) in [6.07, 6.45) is 0.273. The van der Waals surface area contributed by atoms with Crippen LogP contribution in [0.15, 0.2) is 42.5 Å². The molecule has 0 aromatic heterocycles. The number of nitrogens with zero attached hydrogens (tertiary/aromatic N) is 1. The van der Waals surface area contributed by atoms with E-state index >= 15 is 0 Å². The highest BCUT2D eigenvalue weighted by molar-refractivity contribution is 6.33. The van der Waals surface area contributed by atoms with Crippen LogP contribution >= 0.6 is 11.6 Å². The van der Waals surface area contributed by atoms with Gasteiger partial charge in [-0.25, -0.2) is 9.18 Å². The Morgan fingerprint density at radius 2 is 1.92 bits per heavy atom. The van der Waals surface area contributed by atoms with Gasteiger partial charge >= 0.3 is 5.97 Å². The van der Waals surface area contributed by atoms with E-state index in [-0.39, 0.29) is 11.4 Å². The maximum Gasteiger partial charge on any atom is 0.343 e. The Morgan fingerprint density at radius 1 is 1.21 bits per heavy atom. The van der Waals surface area contributed by atoms with Crippen molar-refractivity contribution in [2.24, 2.45) is 0 Å². The van der Waals surface area contributed by atoms with E-state index in [1.54, 1.807) is 24.3 Å². The summed E-state index contributed by atoms with van der Waals surface area (Å²) in [6, 6.07) is 12.4. The van der Waals surface area contributed by atoms with Crippen LogP contribution in [0.3, 0.4) is 0 Å². The van der Waals surface area contributed by atoms with Gasteiger partial charge in [-0.1, -0.05) is 29.8 Å². The highest BCUT2D eigenvalue weighted by Crippen LogP contribution is 2.19. The first-order valence-corrected chi connectivity index (χ1v) is 7.26. The number of nitriles is 1. The molecule has 0 fully saturated rings. The van der Waals surface area contributed by atoms with Crippen LogP contribution in [0.25, 0.3) is 0 Å². The van der Waals surface area contributed by atoms with Crippen LogP contribution in [0.2, 0.25) is 5.02 Å². The SMILES string of the molecule is N#CCc1ccc(NC(=O)COC(=O)c2c(F)cccc2Cl)cc1. The molecule has 1 amide bonds. The van der Waals surface area contributed by atoms with Crippen molar-refractivity contribution in [2.75, 3.05) is 11.9 Å². The minimum atomic E-state index is -1.02. The molecule has 0 unspecified atom stereocenters. The quantitative estimate of drug-likeness (QED) is 0.842. The lowest BCUT2D eigenvalue weighted by atomic mass is 10.1. The number of nitrogens with one attached hydrogen (secondary N) is 1. The molecule has 0 spiro atoms. The summed E-state index contributed by atoms with van der Waals surface area (Å²) in [4.78, 5) is 23.6. The molecule has 0 bridgehead atoms. The molecular weight excluding hydrogens is 335 g/mol. The zero-order valence-electron chi connectivity index (χ0n) is 12.4. The fourth-order valence-electron chi connectivity index (χ4n) is 1.89. The van der Waals surface area contributed by atoms with Gasteiger partial charge in [-0.05, 0) is 29.8 Å². The molecular formula is C17H12ClFN2O3. The molecule has 24 heavy (non-hydrogen) atoms. The highest BCUT2D eigenvalue weighted by atomic mass is 35.5. The van der Waals surface area contributed by atoms with E-state index in [0.29, 0.717) is 5.69 Å². The predicted molar refractivity (Wildman–Crippen MR) is 86.1 cm³/mol. The monoisotopic (exact) mass is 346 g/mol. The third kappa shape index (κ3) is 4.54. The Labute approximate surface area is 142 Å². The van der Waals surface area contributed by atoms with Crippen molar-refractivity contribution in [3.63, 3.8) is 0 Å². The molecule has 0 radical (unpaired) electrons. The number of rotatable bonds is 5. The van der Waals surface area contributed by atoms with E-state index in [0.717, 1.165) is 11.6 Å². The van der Waals surface area contributed by atoms with E-state index in [1.807, 2.05) is 6.07 Å². The van der Waals surface area contributed by atoms with Crippen molar-refractivity contribution < 1.29 is 18.7 Å². The van der Waals surface area contributed by atoms with Gasteiger partial charge in [-0.15, -0.1) is 0 Å². The Hall–Kier alpha value is -2.91. The maximum atomic E-state index is 13.6.